The fourth-order valence-corrected chi connectivity index (χ4v) is 2.41. The molecule has 0 fully saturated rings. The van der Waals surface area contributed by atoms with Crippen LogP contribution in [0.5, 0.6) is 0 Å². The third-order valence-electron chi connectivity index (χ3n) is 3.18. The first-order valence-electron chi connectivity index (χ1n) is 7.13. The van der Waals surface area contributed by atoms with E-state index in [-0.39, 0.29) is 6.10 Å². The van der Waals surface area contributed by atoms with Crippen LogP contribution < -0.4 is 11.1 Å². The van der Waals surface area contributed by atoms with Gasteiger partial charge in [-0.25, -0.2) is 4.98 Å². The van der Waals surface area contributed by atoms with E-state index in [9.17, 15) is 0 Å². The van der Waals surface area contributed by atoms with Crippen molar-refractivity contribution < 1.29 is 4.74 Å². The summed E-state index contributed by atoms with van der Waals surface area (Å²) in [6.45, 7) is 10.2. The van der Waals surface area contributed by atoms with Crippen molar-refractivity contribution >= 4 is 5.82 Å². The Balaban J connectivity index is 2.80. The van der Waals surface area contributed by atoms with E-state index in [2.05, 4.69) is 31.1 Å². The van der Waals surface area contributed by atoms with Crippen LogP contribution in [-0.2, 0) is 11.2 Å². The Morgan fingerprint density at radius 3 is 2.63 bits per heavy atom. The molecule has 1 aromatic heterocycles. The highest BCUT2D eigenvalue weighted by atomic mass is 16.5. The van der Waals surface area contributed by atoms with Gasteiger partial charge in [-0.05, 0) is 43.5 Å². The van der Waals surface area contributed by atoms with Crippen LogP contribution in [-0.4, -0.2) is 30.3 Å². The second kappa shape index (κ2) is 8.12. The van der Waals surface area contributed by atoms with Crippen molar-refractivity contribution in [2.75, 3.05) is 18.9 Å². The maximum atomic E-state index is 5.91. The zero-order chi connectivity index (χ0) is 14.3. The van der Waals surface area contributed by atoms with Crippen molar-refractivity contribution in [1.82, 2.24) is 10.3 Å². The van der Waals surface area contributed by atoms with Crippen molar-refractivity contribution in [2.24, 2.45) is 5.92 Å². The molecule has 108 valence electrons. The fraction of sp³-hybridized carbons (Fsp3) is 0.667. The highest BCUT2D eigenvalue weighted by molar-refractivity contribution is 5.32. The molecule has 0 aromatic carbocycles. The second-order valence-corrected chi connectivity index (χ2v) is 5.12. The Bertz CT molecular complexity index is 368. The van der Waals surface area contributed by atoms with E-state index in [1.54, 1.807) is 6.20 Å². The molecular weight excluding hydrogens is 238 g/mol. The number of nitrogen functional groups attached to an aromatic ring is 1. The van der Waals surface area contributed by atoms with Gasteiger partial charge in [-0.2, -0.15) is 0 Å². The number of nitrogens with two attached hydrogens (primary N) is 1. The molecule has 0 aliphatic rings. The molecular formula is C15H27N3O. The van der Waals surface area contributed by atoms with Gasteiger partial charge in [-0.1, -0.05) is 20.8 Å². The van der Waals surface area contributed by atoms with Crippen LogP contribution in [0.4, 0.5) is 5.82 Å². The van der Waals surface area contributed by atoms with E-state index in [1.807, 2.05) is 19.1 Å². The molecule has 3 N–H and O–H groups in total. The van der Waals surface area contributed by atoms with Gasteiger partial charge in [0.15, 0.2) is 0 Å². The zero-order valence-corrected chi connectivity index (χ0v) is 12.5. The molecule has 1 aromatic rings. The monoisotopic (exact) mass is 265 g/mol. The maximum absolute atomic E-state index is 5.91. The summed E-state index contributed by atoms with van der Waals surface area (Å²) in [5.74, 6) is 1.05. The lowest BCUT2D eigenvalue weighted by atomic mass is 9.94. The summed E-state index contributed by atoms with van der Waals surface area (Å²) >= 11 is 0. The molecule has 19 heavy (non-hydrogen) atoms. The first kappa shape index (κ1) is 15.9. The highest BCUT2D eigenvalue weighted by Gasteiger charge is 2.24. The van der Waals surface area contributed by atoms with Gasteiger partial charge in [0, 0.05) is 18.8 Å². The van der Waals surface area contributed by atoms with Crippen LogP contribution in [0.3, 0.4) is 0 Å². The molecule has 0 spiro atoms. The minimum Gasteiger partial charge on any atom is -0.384 e. The van der Waals surface area contributed by atoms with Crippen LogP contribution in [0, 0.1) is 5.92 Å². The van der Waals surface area contributed by atoms with Gasteiger partial charge < -0.3 is 15.8 Å². The van der Waals surface area contributed by atoms with Crippen molar-refractivity contribution in [3.63, 3.8) is 0 Å². The van der Waals surface area contributed by atoms with Crippen LogP contribution in [0.2, 0.25) is 0 Å². The summed E-state index contributed by atoms with van der Waals surface area (Å²) in [5, 5.41) is 3.53. The Kier molecular flexibility index (Phi) is 6.81. The first-order chi connectivity index (χ1) is 9.08. The average Bonchev–Trinajstić information content (AvgIpc) is 2.35. The summed E-state index contributed by atoms with van der Waals surface area (Å²) < 4.78 is 5.91. The number of rotatable bonds is 8. The van der Waals surface area contributed by atoms with Gasteiger partial charge in [0.2, 0.25) is 0 Å². The number of aromatic nitrogens is 1. The van der Waals surface area contributed by atoms with Crippen LogP contribution in [0.25, 0.3) is 0 Å². The smallest absolute Gasteiger partial charge is 0.123 e. The minimum absolute atomic E-state index is 0.208. The third-order valence-corrected chi connectivity index (χ3v) is 3.18. The lowest BCUT2D eigenvalue weighted by molar-refractivity contribution is 0.00395. The highest BCUT2D eigenvalue weighted by Crippen LogP contribution is 2.16. The van der Waals surface area contributed by atoms with Crippen LogP contribution in [0.1, 0.15) is 33.3 Å². The molecule has 2 atom stereocenters. The zero-order valence-electron chi connectivity index (χ0n) is 12.5. The molecule has 4 nitrogen and oxygen atoms in total. The van der Waals surface area contributed by atoms with Gasteiger partial charge in [-0.15, -0.1) is 0 Å². The van der Waals surface area contributed by atoms with Gasteiger partial charge in [0.25, 0.3) is 0 Å². The summed E-state index contributed by atoms with van der Waals surface area (Å²) in [4.78, 5) is 4.04. The summed E-state index contributed by atoms with van der Waals surface area (Å²) in [6, 6.07) is 4.25. The summed E-state index contributed by atoms with van der Waals surface area (Å²) in [6.07, 6.45) is 2.88. The topological polar surface area (TPSA) is 60.2 Å². The predicted molar refractivity (Wildman–Crippen MR) is 80.1 cm³/mol. The fourth-order valence-electron chi connectivity index (χ4n) is 2.41. The predicted octanol–water partition coefficient (Wildman–Crippen LogP) is 2.25. The molecule has 1 rings (SSSR count). The van der Waals surface area contributed by atoms with Gasteiger partial charge >= 0.3 is 0 Å². The standard InChI is InChI=1S/C15H27N3O/c1-5-17-13(15(11(3)4)19-6-2)9-12-7-8-18-14(16)10-12/h7-8,10-11,13,15,17H,5-6,9H2,1-4H3,(H2,16,18). The van der Waals surface area contributed by atoms with Gasteiger partial charge in [0.05, 0.1) is 6.10 Å². The normalized spacial score (nSPS) is 14.6. The Hall–Kier alpha value is -1.13. The molecule has 4 heteroatoms. The number of nitrogens with zero attached hydrogens (tertiary/aromatic N) is 1. The van der Waals surface area contributed by atoms with Gasteiger partial charge in [0.1, 0.15) is 5.82 Å². The lowest BCUT2D eigenvalue weighted by Gasteiger charge is -2.30. The van der Waals surface area contributed by atoms with Gasteiger partial charge in [-0.3, -0.25) is 0 Å². The first-order valence-corrected chi connectivity index (χ1v) is 7.13. The minimum atomic E-state index is 0.208. The molecule has 0 aliphatic heterocycles. The summed E-state index contributed by atoms with van der Waals surface area (Å²) in [5.41, 5.74) is 6.94. The second-order valence-electron chi connectivity index (χ2n) is 5.12. The number of likely N-dealkylation sites (N-methyl/N-ethyl adjacent to an activating group) is 1. The molecule has 2 unspecified atom stereocenters. The van der Waals surface area contributed by atoms with E-state index in [4.69, 9.17) is 10.5 Å². The molecule has 0 amide bonds. The van der Waals surface area contributed by atoms with E-state index >= 15 is 0 Å². The van der Waals surface area contributed by atoms with E-state index in [0.717, 1.165) is 19.6 Å². The SMILES string of the molecule is CCNC(Cc1ccnc(N)c1)C(OCC)C(C)C. The number of pyridine rings is 1. The number of anilines is 1. The number of hydrogen-bond acceptors (Lipinski definition) is 4. The quantitative estimate of drug-likeness (QED) is 0.757. The Morgan fingerprint density at radius 2 is 2.11 bits per heavy atom. The van der Waals surface area contributed by atoms with Crippen molar-refractivity contribution in [1.29, 1.82) is 0 Å². The van der Waals surface area contributed by atoms with E-state index < -0.39 is 0 Å². The van der Waals surface area contributed by atoms with Crippen molar-refractivity contribution in [3.8, 4) is 0 Å². The molecule has 0 saturated carbocycles. The molecule has 0 saturated heterocycles. The number of nitrogens with one attached hydrogen (secondary N) is 1. The third kappa shape index (κ3) is 5.17. The average molecular weight is 265 g/mol. The lowest BCUT2D eigenvalue weighted by Crippen LogP contribution is -2.45. The Labute approximate surface area is 116 Å². The van der Waals surface area contributed by atoms with Crippen molar-refractivity contribution in [3.05, 3.63) is 23.9 Å². The van der Waals surface area contributed by atoms with Crippen molar-refractivity contribution in [2.45, 2.75) is 46.3 Å². The van der Waals surface area contributed by atoms with E-state index in [1.165, 1.54) is 5.56 Å². The van der Waals surface area contributed by atoms with E-state index in [0.29, 0.717) is 17.8 Å². The number of hydrogen-bond donors (Lipinski definition) is 2. The number of ether oxygens (including phenoxy) is 1. The molecule has 1 heterocycles. The summed E-state index contributed by atoms with van der Waals surface area (Å²) in [7, 11) is 0. The molecule has 0 aliphatic carbocycles. The maximum Gasteiger partial charge on any atom is 0.123 e. The van der Waals surface area contributed by atoms with Crippen LogP contribution in [0.15, 0.2) is 18.3 Å². The van der Waals surface area contributed by atoms with Crippen LogP contribution >= 0.6 is 0 Å². The molecule has 0 radical (unpaired) electrons. The Morgan fingerprint density at radius 1 is 1.37 bits per heavy atom. The molecule has 0 bridgehead atoms. The largest absolute Gasteiger partial charge is 0.384 e.